The topological polar surface area (TPSA) is 41.5 Å². The highest BCUT2D eigenvalue weighted by Gasteiger charge is 2.11. The summed E-state index contributed by atoms with van der Waals surface area (Å²) < 4.78 is 5.38. The van der Waals surface area contributed by atoms with E-state index in [4.69, 9.17) is 4.74 Å². The van der Waals surface area contributed by atoms with E-state index in [1.165, 1.54) is 6.42 Å². The van der Waals surface area contributed by atoms with Crippen LogP contribution in [0.5, 0.6) is 0 Å². The van der Waals surface area contributed by atoms with Crippen molar-refractivity contribution in [3.63, 3.8) is 0 Å². The van der Waals surface area contributed by atoms with Gasteiger partial charge >= 0.3 is 0 Å². The molecular formula is C11H23NO2. The van der Waals surface area contributed by atoms with Crippen LogP contribution in [-0.4, -0.2) is 37.0 Å². The highest BCUT2D eigenvalue weighted by atomic mass is 16.5. The molecule has 0 amide bonds. The summed E-state index contributed by atoms with van der Waals surface area (Å²) in [5.74, 6) is 0. The number of rotatable bonds is 5. The van der Waals surface area contributed by atoms with E-state index >= 15 is 0 Å². The Balaban J connectivity index is 2.04. The summed E-state index contributed by atoms with van der Waals surface area (Å²) in [7, 11) is 0. The van der Waals surface area contributed by atoms with Gasteiger partial charge in [0.1, 0.15) is 0 Å². The number of ether oxygens (including phenoxy) is 1. The van der Waals surface area contributed by atoms with Gasteiger partial charge in [-0.1, -0.05) is 6.92 Å². The molecular weight excluding hydrogens is 178 g/mol. The van der Waals surface area contributed by atoms with Crippen LogP contribution in [0, 0.1) is 0 Å². The zero-order chi connectivity index (χ0) is 10.2. The van der Waals surface area contributed by atoms with Crippen molar-refractivity contribution in [1.29, 1.82) is 0 Å². The van der Waals surface area contributed by atoms with Crippen molar-refractivity contribution in [3.8, 4) is 0 Å². The summed E-state index contributed by atoms with van der Waals surface area (Å²) in [6, 6.07) is 0.599. The maximum absolute atomic E-state index is 9.38. The molecule has 2 unspecified atom stereocenters. The lowest BCUT2D eigenvalue weighted by atomic mass is 10.1. The van der Waals surface area contributed by atoms with Crippen molar-refractivity contribution < 1.29 is 9.84 Å². The number of hydrogen-bond acceptors (Lipinski definition) is 3. The van der Waals surface area contributed by atoms with E-state index in [1.54, 1.807) is 0 Å². The molecule has 0 aromatic carbocycles. The van der Waals surface area contributed by atoms with E-state index in [2.05, 4.69) is 5.32 Å². The van der Waals surface area contributed by atoms with Crippen LogP contribution >= 0.6 is 0 Å². The van der Waals surface area contributed by atoms with Crippen molar-refractivity contribution in [3.05, 3.63) is 0 Å². The normalized spacial score (nSPS) is 25.7. The second kappa shape index (κ2) is 7.21. The fourth-order valence-electron chi connectivity index (χ4n) is 1.77. The van der Waals surface area contributed by atoms with Gasteiger partial charge in [0.25, 0.3) is 0 Å². The van der Waals surface area contributed by atoms with Gasteiger partial charge < -0.3 is 15.2 Å². The van der Waals surface area contributed by atoms with Crippen LogP contribution in [0.2, 0.25) is 0 Å². The molecule has 0 aromatic heterocycles. The van der Waals surface area contributed by atoms with Crippen LogP contribution in [0.25, 0.3) is 0 Å². The maximum atomic E-state index is 9.38. The van der Waals surface area contributed by atoms with Gasteiger partial charge in [-0.2, -0.15) is 0 Å². The van der Waals surface area contributed by atoms with Crippen LogP contribution in [0.1, 0.15) is 39.0 Å². The van der Waals surface area contributed by atoms with E-state index in [0.717, 1.165) is 45.4 Å². The Morgan fingerprint density at radius 2 is 2.29 bits per heavy atom. The van der Waals surface area contributed by atoms with Gasteiger partial charge in [0.15, 0.2) is 0 Å². The fraction of sp³-hybridized carbons (Fsp3) is 1.00. The van der Waals surface area contributed by atoms with Crippen molar-refractivity contribution in [2.75, 3.05) is 19.8 Å². The first-order valence-corrected chi connectivity index (χ1v) is 5.82. The molecule has 14 heavy (non-hydrogen) atoms. The lowest BCUT2D eigenvalue weighted by Crippen LogP contribution is -2.31. The molecule has 3 heteroatoms. The summed E-state index contributed by atoms with van der Waals surface area (Å²) in [4.78, 5) is 0. The smallest absolute Gasteiger partial charge is 0.0549 e. The average molecular weight is 201 g/mol. The molecule has 2 N–H and O–H groups in total. The van der Waals surface area contributed by atoms with Gasteiger partial charge in [-0.3, -0.25) is 0 Å². The molecule has 84 valence electrons. The molecule has 1 heterocycles. The van der Waals surface area contributed by atoms with Gasteiger partial charge in [-0.05, 0) is 38.6 Å². The molecule has 3 nitrogen and oxygen atoms in total. The SMILES string of the molecule is CCC(O)CCNC1CCCOCC1. The van der Waals surface area contributed by atoms with Gasteiger partial charge in [0.2, 0.25) is 0 Å². The third kappa shape index (κ3) is 4.94. The minimum absolute atomic E-state index is 0.135. The van der Waals surface area contributed by atoms with Crippen molar-refractivity contribution in [2.24, 2.45) is 0 Å². The third-order valence-electron chi connectivity index (χ3n) is 2.83. The molecule has 0 aliphatic carbocycles. The molecule has 1 saturated heterocycles. The Labute approximate surface area is 86.8 Å². The predicted molar refractivity (Wildman–Crippen MR) is 57.4 cm³/mol. The highest BCUT2D eigenvalue weighted by molar-refractivity contribution is 4.69. The van der Waals surface area contributed by atoms with Crippen molar-refractivity contribution in [1.82, 2.24) is 5.32 Å². The van der Waals surface area contributed by atoms with Crippen molar-refractivity contribution in [2.45, 2.75) is 51.2 Å². The zero-order valence-electron chi connectivity index (χ0n) is 9.17. The first-order valence-electron chi connectivity index (χ1n) is 5.82. The molecule has 1 fully saturated rings. The lowest BCUT2D eigenvalue weighted by Gasteiger charge is -2.16. The van der Waals surface area contributed by atoms with Crippen LogP contribution in [0.3, 0.4) is 0 Å². The number of aliphatic hydroxyl groups is 1. The minimum atomic E-state index is -0.135. The Morgan fingerprint density at radius 3 is 3.07 bits per heavy atom. The Hall–Kier alpha value is -0.120. The summed E-state index contributed by atoms with van der Waals surface area (Å²) >= 11 is 0. The first-order chi connectivity index (χ1) is 6.83. The average Bonchev–Trinajstić information content (AvgIpc) is 2.46. The van der Waals surface area contributed by atoms with Gasteiger partial charge in [0.05, 0.1) is 6.10 Å². The van der Waals surface area contributed by atoms with Crippen LogP contribution in [-0.2, 0) is 4.74 Å². The first kappa shape index (κ1) is 12.0. The molecule has 2 atom stereocenters. The van der Waals surface area contributed by atoms with Crippen LogP contribution in [0.15, 0.2) is 0 Å². The number of hydrogen-bond donors (Lipinski definition) is 2. The molecule has 1 rings (SSSR count). The Kier molecular flexibility index (Phi) is 6.15. The van der Waals surface area contributed by atoms with E-state index in [-0.39, 0.29) is 6.10 Å². The third-order valence-corrected chi connectivity index (χ3v) is 2.83. The second-order valence-electron chi connectivity index (χ2n) is 4.05. The van der Waals surface area contributed by atoms with Gasteiger partial charge in [-0.25, -0.2) is 0 Å². The van der Waals surface area contributed by atoms with E-state index < -0.39 is 0 Å². The standard InChI is InChI=1S/C11H23NO2/c1-2-11(13)5-7-12-10-4-3-8-14-9-6-10/h10-13H,2-9H2,1H3. The molecule has 1 aliphatic rings. The maximum Gasteiger partial charge on any atom is 0.0549 e. The second-order valence-corrected chi connectivity index (χ2v) is 4.05. The molecule has 0 aromatic rings. The minimum Gasteiger partial charge on any atom is -0.393 e. The van der Waals surface area contributed by atoms with E-state index in [1.807, 2.05) is 6.92 Å². The van der Waals surface area contributed by atoms with Crippen molar-refractivity contribution >= 4 is 0 Å². The van der Waals surface area contributed by atoms with Crippen LogP contribution < -0.4 is 5.32 Å². The quantitative estimate of drug-likeness (QED) is 0.704. The Bertz CT molecular complexity index is 133. The zero-order valence-corrected chi connectivity index (χ0v) is 9.17. The highest BCUT2D eigenvalue weighted by Crippen LogP contribution is 2.08. The molecule has 0 spiro atoms. The molecule has 0 saturated carbocycles. The summed E-state index contributed by atoms with van der Waals surface area (Å²) in [5.41, 5.74) is 0. The summed E-state index contributed by atoms with van der Waals surface area (Å²) in [6.07, 6.45) is 5.08. The number of nitrogens with one attached hydrogen (secondary N) is 1. The Morgan fingerprint density at radius 1 is 1.43 bits per heavy atom. The van der Waals surface area contributed by atoms with E-state index in [0.29, 0.717) is 6.04 Å². The largest absolute Gasteiger partial charge is 0.393 e. The van der Waals surface area contributed by atoms with Gasteiger partial charge in [0, 0.05) is 19.3 Å². The summed E-state index contributed by atoms with van der Waals surface area (Å²) in [5, 5.41) is 12.9. The monoisotopic (exact) mass is 201 g/mol. The number of aliphatic hydroxyl groups excluding tert-OH is 1. The molecule has 1 aliphatic heterocycles. The predicted octanol–water partition coefficient (Wildman–Crippen LogP) is 1.31. The van der Waals surface area contributed by atoms with Crippen LogP contribution in [0.4, 0.5) is 0 Å². The fourth-order valence-corrected chi connectivity index (χ4v) is 1.77. The molecule has 0 bridgehead atoms. The summed E-state index contributed by atoms with van der Waals surface area (Å²) in [6.45, 7) is 4.74. The van der Waals surface area contributed by atoms with Gasteiger partial charge in [-0.15, -0.1) is 0 Å². The molecule has 0 radical (unpaired) electrons. The lowest BCUT2D eigenvalue weighted by molar-refractivity contribution is 0.141. The van der Waals surface area contributed by atoms with E-state index in [9.17, 15) is 5.11 Å².